The Bertz CT molecular complexity index is 566. The molecule has 1 fully saturated rings. The van der Waals surface area contributed by atoms with Crippen molar-refractivity contribution in [3.05, 3.63) is 18.3 Å². The quantitative estimate of drug-likeness (QED) is 0.902. The summed E-state index contributed by atoms with van der Waals surface area (Å²) in [6.07, 6.45) is 0.0731. The first-order valence-electron chi connectivity index (χ1n) is 6.44. The smallest absolute Gasteiger partial charge is 0.422 e. The standard InChI is InChI=1S/C12H15F3N2O3S/c13-12(14,15)8-20-11-6-5-10(7-16-11)21(18,19)17-9-3-1-2-4-9/h5-7,9,17H,1-4,8H2. The number of nitrogens with zero attached hydrogens (tertiary/aromatic N) is 1. The Kier molecular flexibility index (Phi) is 4.72. The van der Waals surface area contributed by atoms with Crippen LogP contribution in [0.15, 0.2) is 23.2 Å². The first kappa shape index (κ1) is 16.0. The van der Waals surface area contributed by atoms with E-state index in [1.165, 1.54) is 6.07 Å². The van der Waals surface area contributed by atoms with Crippen molar-refractivity contribution in [2.75, 3.05) is 6.61 Å². The highest BCUT2D eigenvalue weighted by Gasteiger charge is 2.29. The SMILES string of the molecule is O=S(=O)(NC1CCCC1)c1ccc(OCC(F)(F)F)nc1. The molecule has 5 nitrogen and oxygen atoms in total. The number of ether oxygens (including phenoxy) is 1. The first-order chi connectivity index (χ1) is 9.76. The van der Waals surface area contributed by atoms with E-state index in [4.69, 9.17) is 0 Å². The van der Waals surface area contributed by atoms with Crippen molar-refractivity contribution in [3.63, 3.8) is 0 Å². The van der Waals surface area contributed by atoms with Crippen molar-refractivity contribution in [1.82, 2.24) is 9.71 Å². The maximum absolute atomic E-state index is 12.0. The van der Waals surface area contributed by atoms with Gasteiger partial charge >= 0.3 is 6.18 Å². The van der Waals surface area contributed by atoms with E-state index >= 15 is 0 Å². The Balaban J connectivity index is 2.00. The number of hydrogen-bond donors (Lipinski definition) is 1. The Morgan fingerprint density at radius 2 is 1.95 bits per heavy atom. The zero-order chi connectivity index (χ0) is 15.5. The lowest BCUT2D eigenvalue weighted by molar-refractivity contribution is -0.154. The molecule has 0 atom stereocenters. The highest BCUT2D eigenvalue weighted by atomic mass is 32.2. The lowest BCUT2D eigenvalue weighted by atomic mass is 10.3. The summed E-state index contributed by atoms with van der Waals surface area (Å²) in [5.41, 5.74) is 0. The molecule has 2 rings (SSSR count). The average molecular weight is 324 g/mol. The van der Waals surface area contributed by atoms with Gasteiger partial charge in [0.05, 0.1) is 6.20 Å². The molecular formula is C12H15F3N2O3S. The second-order valence-corrected chi connectivity index (χ2v) is 6.55. The minimum Gasteiger partial charge on any atom is -0.468 e. The number of alkyl halides is 3. The highest BCUT2D eigenvalue weighted by molar-refractivity contribution is 7.89. The predicted molar refractivity (Wildman–Crippen MR) is 68.4 cm³/mol. The van der Waals surface area contributed by atoms with Gasteiger partial charge in [-0.25, -0.2) is 18.1 Å². The van der Waals surface area contributed by atoms with Gasteiger partial charge in [-0.1, -0.05) is 12.8 Å². The zero-order valence-electron chi connectivity index (χ0n) is 11.1. The molecule has 118 valence electrons. The first-order valence-corrected chi connectivity index (χ1v) is 7.92. The lowest BCUT2D eigenvalue weighted by Gasteiger charge is -2.13. The molecule has 21 heavy (non-hydrogen) atoms. The van der Waals surface area contributed by atoms with Crippen LogP contribution in [0.4, 0.5) is 13.2 Å². The third-order valence-electron chi connectivity index (χ3n) is 3.08. The Labute approximate surface area is 120 Å². The van der Waals surface area contributed by atoms with Crippen LogP contribution in [0, 0.1) is 0 Å². The van der Waals surface area contributed by atoms with E-state index in [9.17, 15) is 21.6 Å². The van der Waals surface area contributed by atoms with Gasteiger partial charge in [0.15, 0.2) is 6.61 Å². The number of rotatable bonds is 5. The maximum atomic E-state index is 12.0. The van der Waals surface area contributed by atoms with E-state index in [-0.39, 0.29) is 16.8 Å². The van der Waals surface area contributed by atoms with Crippen LogP contribution < -0.4 is 9.46 Å². The normalized spacial score (nSPS) is 17.1. The topological polar surface area (TPSA) is 68.3 Å². The summed E-state index contributed by atoms with van der Waals surface area (Å²) in [7, 11) is -3.69. The summed E-state index contributed by atoms with van der Waals surface area (Å²) in [5, 5.41) is 0. The second kappa shape index (κ2) is 6.18. The highest BCUT2D eigenvalue weighted by Crippen LogP contribution is 2.21. The summed E-state index contributed by atoms with van der Waals surface area (Å²) < 4.78 is 67.0. The van der Waals surface area contributed by atoms with Crippen LogP contribution in [0.3, 0.4) is 0 Å². The Morgan fingerprint density at radius 3 is 2.48 bits per heavy atom. The van der Waals surface area contributed by atoms with Crippen LogP contribution in [0.2, 0.25) is 0 Å². The molecule has 1 saturated carbocycles. The Hall–Kier alpha value is -1.35. The fourth-order valence-corrected chi connectivity index (χ4v) is 3.35. The van der Waals surface area contributed by atoms with Gasteiger partial charge in [-0.3, -0.25) is 0 Å². The van der Waals surface area contributed by atoms with E-state index in [1.54, 1.807) is 0 Å². The van der Waals surface area contributed by atoms with Gasteiger partial charge in [0, 0.05) is 12.1 Å². The molecule has 1 aliphatic rings. The summed E-state index contributed by atoms with van der Waals surface area (Å²) in [6.45, 7) is -1.47. The van der Waals surface area contributed by atoms with Crippen LogP contribution in [0.1, 0.15) is 25.7 Å². The second-order valence-electron chi connectivity index (χ2n) is 4.84. The van der Waals surface area contributed by atoms with E-state index in [0.29, 0.717) is 0 Å². The molecule has 0 radical (unpaired) electrons. The molecule has 1 aromatic heterocycles. The summed E-state index contributed by atoms with van der Waals surface area (Å²) in [4.78, 5) is 3.49. The molecule has 1 heterocycles. The molecule has 0 aromatic carbocycles. The minimum absolute atomic E-state index is 0.0869. The fraction of sp³-hybridized carbons (Fsp3) is 0.583. The van der Waals surface area contributed by atoms with Gasteiger partial charge in [0.1, 0.15) is 4.90 Å². The van der Waals surface area contributed by atoms with Gasteiger partial charge in [0.2, 0.25) is 15.9 Å². The van der Waals surface area contributed by atoms with Crippen molar-refractivity contribution >= 4 is 10.0 Å². The van der Waals surface area contributed by atoms with Crippen LogP contribution in [0.5, 0.6) is 5.88 Å². The molecule has 0 amide bonds. The van der Waals surface area contributed by atoms with Gasteiger partial charge in [-0.2, -0.15) is 13.2 Å². The van der Waals surface area contributed by atoms with E-state index < -0.39 is 22.8 Å². The van der Waals surface area contributed by atoms with Gasteiger partial charge in [0.25, 0.3) is 0 Å². The van der Waals surface area contributed by atoms with Crippen molar-refractivity contribution in [2.45, 2.75) is 42.8 Å². The minimum atomic E-state index is -4.46. The maximum Gasteiger partial charge on any atom is 0.422 e. The summed E-state index contributed by atoms with van der Waals surface area (Å²) in [5.74, 6) is -0.271. The third-order valence-corrected chi connectivity index (χ3v) is 4.59. The zero-order valence-corrected chi connectivity index (χ0v) is 11.9. The predicted octanol–water partition coefficient (Wildman–Crippen LogP) is 2.24. The molecular weight excluding hydrogens is 309 g/mol. The van der Waals surface area contributed by atoms with Gasteiger partial charge < -0.3 is 4.74 Å². The van der Waals surface area contributed by atoms with Crippen LogP contribution in [0.25, 0.3) is 0 Å². The van der Waals surface area contributed by atoms with Crippen LogP contribution in [-0.4, -0.2) is 32.2 Å². The molecule has 0 spiro atoms. The molecule has 0 saturated heterocycles. The molecule has 0 aliphatic heterocycles. The lowest BCUT2D eigenvalue weighted by Crippen LogP contribution is -2.32. The molecule has 1 aromatic rings. The van der Waals surface area contributed by atoms with Gasteiger partial charge in [-0.15, -0.1) is 0 Å². The van der Waals surface area contributed by atoms with E-state index in [0.717, 1.165) is 37.9 Å². The number of halogens is 3. The summed E-state index contributed by atoms with van der Waals surface area (Å²) >= 11 is 0. The Morgan fingerprint density at radius 1 is 1.29 bits per heavy atom. The monoisotopic (exact) mass is 324 g/mol. The van der Waals surface area contributed by atoms with Crippen molar-refractivity contribution in [2.24, 2.45) is 0 Å². The molecule has 1 N–H and O–H groups in total. The van der Waals surface area contributed by atoms with Crippen LogP contribution >= 0.6 is 0 Å². The average Bonchev–Trinajstić information content (AvgIpc) is 2.88. The number of sulfonamides is 1. The number of nitrogens with one attached hydrogen (secondary N) is 1. The number of aromatic nitrogens is 1. The number of hydrogen-bond acceptors (Lipinski definition) is 4. The van der Waals surface area contributed by atoms with Crippen molar-refractivity contribution in [3.8, 4) is 5.88 Å². The van der Waals surface area contributed by atoms with E-state index in [1.807, 2.05) is 0 Å². The largest absolute Gasteiger partial charge is 0.468 e. The van der Waals surface area contributed by atoms with Crippen molar-refractivity contribution in [1.29, 1.82) is 0 Å². The van der Waals surface area contributed by atoms with Crippen LogP contribution in [-0.2, 0) is 10.0 Å². The summed E-state index contributed by atoms with van der Waals surface area (Å²) in [6, 6.07) is 2.20. The van der Waals surface area contributed by atoms with E-state index in [2.05, 4.69) is 14.4 Å². The molecule has 9 heteroatoms. The number of pyridine rings is 1. The molecule has 0 unspecified atom stereocenters. The third kappa shape index (κ3) is 4.85. The molecule has 1 aliphatic carbocycles. The molecule has 0 bridgehead atoms. The van der Waals surface area contributed by atoms with Gasteiger partial charge in [-0.05, 0) is 18.9 Å². The van der Waals surface area contributed by atoms with Crippen molar-refractivity contribution < 1.29 is 26.3 Å². The fourth-order valence-electron chi connectivity index (χ4n) is 2.10.